The van der Waals surface area contributed by atoms with Crippen molar-refractivity contribution < 1.29 is 13.9 Å². The van der Waals surface area contributed by atoms with Crippen LogP contribution in [0.25, 0.3) is 10.2 Å². The molecule has 0 saturated carbocycles. The molecule has 1 amide bonds. The van der Waals surface area contributed by atoms with Gasteiger partial charge in [0.1, 0.15) is 5.82 Å². The average Bonchev–Trinajstić information content (AvgIpc) is 3.51. The molecule has 1 atom stereocenters. The molecule has 2 heterocycles. The van der Waals surface area contributed by atoms with E-state index in [0.717, 1.165) is 28.7 Å². The number of nitrogens with zero attached hydrogens (tertiary/aromatic N) is 2. The maximum Gasteiger partial charge on any atom is 0.229 e. The van der Waals surface area contributed by atoms with E-state index in [9.17, 15) is 9.18 Å². The number of amides is 1. The third kappa shape index (κ3) is 4.97. The number of thiazole rings is 1. The monoisotopic (exact) mass is 460 g/mol. The topological polar surface area (TPSA) is 42.4 Å². The SMILES string of the molecule is O=C(CC(c1ccccc1)c1ccccc1)N(CC1CCCO1)c1nc2ccc(F)cc2s1. The Morgan fingerprint density at radius 3 is 2.39 bits per heavy atom. The maximum absolute atomic E-state index is 13.8. The molecule has 6 heteroatoms. The summed E-state index contributed by atoms with van der Waals surface area (Å²) in [4.78, 5) is 20.2. The molecule has 168 valence electrons. The van der Waals surface area contributed by atoms with Crippen molar-refractivity contribution >= 4 is 32.6 Å². The van der Waals surface area contributed by atoms with Gasteiger partial charge in [0, 0.05) is 18.9 Å². The van der Waals surface area contributed by atoms with Crippen molar-refractivity contribution in [2.45, 2.75) is 31.3 Å². The minimum atomic E-state index is -0.303. The van der Waals surface area contributed by atoms with E-state index in [0.29, 0.717) is 30.2 Å². The summed E-state index contributed by atoms with van der Waals surface area (Å²) in [6.45, 7) is 1.17. The van der Waals surface area contributed by atoms with Crippen molar-refractivity contribution in [3.63, 3.8) is 0 Å². The van der Waals surface area contributed by atoms with E-state index >= 15 is 0 Å². The number of rotatable bonds is 7. The lowest BCUT2D eigenvalue weighted by Gasteiger charge is -2.26. The van der Waals surface area contributed by atoms with Gasteiger partial charge < -0.3 is 4.74 Å². The molecule has 0 spiro atoms. The predicted octanol–water partition coefficient (Wildman–Crippen LogP) is 6.17. The fourth-order valence-corrected chi connectivity index (χ4v) is 5.38. The summed E-state index contributed by atoms with van der Waals surface area (Å²) in [6.07, 6.45) is 2.22. The molecule has 3 aromatic carbocycles. The highest BCUT2D eigenvalue weighted by molar-refractivity contribution is 7.22. The molecule has 5 rings (SSSR count). The number of hydrogen-bond acceptors (Lipinski definition) is 4. The van der Waals surface area contributed by atoms with Gasteiger partial charge in [-0.2, -0.15) is 0 Å². The molecular formula is C27H25FN2O2S. The summed E-state index contributed by atoms with van der Waals surface area (Å²) in [5, 5.41) is 0.593. The van der Waals surface area contributed by atoms with Crippen LogP contribution in [-0.4, -0.2) is 30.1 Å². The van der Waals surface area contributed by atoms with Crippen LogP contribution in [0.1, 0.15) is 36.3 Å². The second-order valence-corrected chi connectivity index (χ2v) is 9.34. The van der Waals surface area contributed by atoms with Gasteiger partial charge in [0.2, 0.25) is 5.91 Å². The molecule has 4 aromatic rings. The molecule has 1 unspecified atom stereocenters. The summed E-state index contributed by atoms with van der Waals surface area (Å²) < 4.78 is 20.3. The summed E-state index contributed by atoms with van der Waals surface area (Å²) >= 11 is 1.35. The molecule has 1 fully saturated rings. The van der Waals surface area contributed by atoms with Crippen molar-refractivity contribution in [2.24, 2.45) is 0 Å². The number of ether oxygens (including phenoxy) is 1. The van der Waals surface area contributed by atoms with Gasteiger partial charge >= 0.3 is 0 Å². The van der Waals surface area contributed by atoms with Gasteiger partial charge in [0.05, 0.1) is 22.9 Å². The van der Waals surface area contributed by atoms with Gasteiger partial charge in [0.15, 0.2) is 5.13 Å². The first kappa shape index (κ1) is 21.7. The molecule has 33 heavy (non-hydrogen) atoms. The van der Waals surface area contributed by atoms with Gasteiger partial charge in [-0.05, 0) is 42.2 Å². The van der Waals surface area contributed by atoms with Crippen molar-refractivity contribution in [3.8, 4) is 0 Å². The summed E-state index contributed by atoms with van der Waals surface area (Å²) in [6, 6.07) is 24.8. The smallest absolute Gasteiger partial charge is 0.229 e. The zero-order valence-corrected chi connectivity index (χ0v) is 19.0. The molecule has 1 aliphatic heterocycles. The van der Waals surface area contributed by atoms with E-state index in [-0.39, 0.29) is 23.7 Å². The fourth-order valence-electron chi connectivity index (χ4n) is 4.36. The average molecular weight is 461 g/mol. The zero-order valence-electron chi connectivity index (χ0n) is 18.2. The Morgan fingerprint density at radius 1 is 1.06 bits per heavy atom. The largest absolute Gasteiger partial charge is 0.376 e. The van der Waals surface area contributed by atoms with E-state index in [1.54, 1.807) is 11.0 Å². The van der Waals surface area contributed by atoms with E-state index in [2.05, 4.69) is 29.2 Å². The number of carbonyl (C=O) groups excluding carboxylic acids is 1. The van der Waals surface area contributed by atoms with Crippen LogP contribution in [-0.2, 0) is 9.53 Å². The molecule has 0 aliphatic carbocycles. The normalized spacial score (nSPS) is 15.9. The summed E-state index contributed by atoms with van der Waals surface area (Å²) in [5.41, 5.74) is 2.89. The Labute approximate surface area is 196 Å². The molecule has 1 saturated heterocycles. The van der Waals surface area contributed by atoms with Crippen LogP contribution in [0.3, 0.4) is 0 Å². The van der Waals surface area contributed by atoms with E-state index < -0.39 is 0 Å². The number of hydrogen-bond donors (Lipinski definition) is 0. The van der Waals surface area contributed by atoms with Crippen LogP contribution in [0.5, 0.6) is 0 Å². The Bertz CT molecular complexity index is 1180. The Hall–Kier alpha value is -3.09. The molecule has 0 bridgehead atoms. The number of fused-ring (bicyclic) bond motifs is 1. The van der Waals surface area contributed by atoms with Crippen molar-refractivity contribution in [2.75, 3.05) is 18.1 Å². The number of carbonyl (C=O) groups is 1. The highest BCUT2D eigenvalue weighted by Crippen LogP contribution is 2.34. The van der Waals surface area contributed by atoms with Gasteiger partial charge in [-0.3, -0.25) is 9.69 Å². The third-order valence-corrected chi connectivity index (χ3v) is 7.11. The highest BCUT2D eigenvalue weighted by atomic mass is 32.1. The van der Waals surface area contributed by atoms with Crippen LogP contribution < -0.4 is 4.90 Å². The second-order valence-electron chi connectivity index (χ2n) is 8.33. The predicted molar refractivity (Wildman–Crippen MR) is 130 cm³/mol. The van der Waals surface area contributed by atoms with Crippen LogP contribution in [0.15, 0.2) is 78.9 Å². The van der Waals surface area contributed by atoms with Crippen LogP contribution in [0.4, 0.5) is 9.52 Å². The van der Waals surface area contributed by atoms with Crippen LogP contribution in [0, 0.1) is 5.82 Å². The Balaban J connectivity index is 1.48. The molecule has 1 aromatic heterocycles. The lowest BCUT2D eigenvalue weighted by atomic mass is 9.88. The molecule has 0 radical (unpaired) electrons. The van der Waals surface area contributed by atoms with Crippen LogP contribution >= 0.6 is 11.3 Å². The second kappa shape index (κ2) is 9.81. The minimum absolute atomic E-state index is 0.00963. The Kier molecular flexibility index (Phi) is 6.46. The molecular weight excluding hydrogens is 435 g/mol. The quantitative estimate of drug-likeness (QED) is 0.331. The minimum Gasteiger partial charge on any atom is -0.376 e. The Morgan fingerprint density at radius 2 is 1.76 bits per heavy atom. The first-order valence-corrected chi connectivity index (χ1v) is 12.1. The number of aromatic nitrogens is 1. The molecule has 0 N–H and O–H groups in total. The lowest BCUT2D eigenvalue weighted by molar-refractivity contribution is -0.119. The van der Waals surface area contributed by atoms with Crippen molar-refractivity contribution in [1.82, 2.24) is 4.98 Å². The standard InChI is InChI=1S/C27H25FN2O2S/c28-21-13-14-24-25(16-21)33-27(29-24)30(18-22-12-7-15-32-22)26(31)17-23(19-8-3-1-4-9-19)20-10-5-2-6-11-20/h1-6,8-11,13-14,16,22-23H,7,12,15,17-18H2. The van der Waals surface area contributed by atoms with Gasteiger partial charge in [-0.25, -0.2) is 9.37 Å². The maximum atomic E-state index is 13.8. The molecule has 4 nitrogen and oxygen atoms in total. The van der Waals surface area contributed by atoms with Gasteiger partial charge in [-0.1, -0.05) is 72.0 Å². The van der Waals surface area contributed by atoms with E-state index in [1.807, 2.05) is 36.4 Å². The van der Waals surface area contributed by atoms with E-state index in [1.165, 1.54) is 23.5 Å². The summed E-state index contributed by atoms with van der Waals surface area (Å²) in [5.74, 6) is -0.385. The first-order chi connectivity index (χ1) is 16.2. The first-order valence-electron chi connectivity index (χ1n) is 11.3. The van der Waals surface area contributed by atoms with Gasteiger partial charge in [-0.15, -0.1) is 0 Å². The number of halogens is 1. The highest BCUT2D eigenvalue weighted by Gasteiger charge is 2.29. The van der Waals surface area contributed by atoms with Crippen molar-refractivity contribution in [3.05, 3.63) is 95.8 Å². The van der Waals surface area contributed by atoms with E-state index in [4.69, 9.17) is 4.74 Å². The molecule has 1 aliphatic rings. The van der Waals surface area contributed by atoms with Gasteiger partial charge in [0.25, 0.3) is 0 Å². The van der Waals surface area contributed by atoms with Crippen LogP contribution in [0.2, 0.25) is 0 Å². The van der Waals surface area contributed by atoms with Crippen molar-refractivity contribution in [1.29, 1.82) is 0 Å². The number of anilines is 1. The lowest BCUT2D eigenvalue weighted by Crippen LogP contribution is -2.38. The number of benzene rings is 3. The summed E-state index contributed by atoms with van der Waals surface area (Å²) in [7, 11) is 0. The fraction of sp³-hybridized carbons (Fsp3) is 0.259. The third-order valence-electron chi connectivity index (χ3n) is 6.06. The zero-order chi connectivity index (χ0) is 22.6.